The van der Waals surface area contributed by atoms with Crippen molar-refractivity contribution in [2.75, 3.05) is 26.2 Å². The smallest absolute Gasteiger partial charge is 0.227 e. The Bertz CT molecular complexity index is 319. The van der Waals surface area contributed by atoms with Gasteiger partial charge in [0.2, 0.25) is 5.91 Å². The summed E-state index contributed by atoms with van der Waals surface area (Å²) < 4.78 is 0. The van der Waals surface area contributed by atoms with Crippen LogP contribution < -0.4 is 5.73 Å². The van der Waals surface area contributed by atoms with Crippen molar-refractivity contribution in [1.29, 1.82) is 0 Å². The molecule has 3 atom stereocenters. The molecule has 2 heterocycles. The number of rotatable bonds is 3. The van der Waals surface area contributed by atoms with Crippen LogP contribution in [-0.2, 0) is 4.79 Å². The number of piperidine rings is 1. The second-order valence-electron chi connectivity index (χ2n) is 6.57. The summed E-state index contributed by atoms with van der Waals surface area (Å²) in [5, 5.41) is 0. The lowest BCUT2D eigenvalue weighted by molar-refractivity contribution is -0.143. The fraction of sp³-hybridized carbons (Fsp3) is 0.933. The molecule has 0 aromatic carbocycles. The number of carbonyl (C=O) groups excluding carboxylic acids is 1. The number of carbonyl (C=O) groups is 1. The van der Waals surface area contributed by atoms with Crippen LogP contribution in [0.5, 0.6) is 0 Å². The van der Waals surface area contributed by atoms with Gasteiger partial charge in [0, 0.05) is 31.7 Å². The lowest BCUT2D eigenvalue weighted by Crippen LogP contribution is -2.61. The van der Waals surface area contributed by atoms with Gasteiger partial charge in [0.15, 0.2) is 0 Å². The SMILES string of the molecule is CC(C)C(CN)C(=O)N1CC2CCCCN2CC1C. The first-order valence-electron chi connectivity index (χ1n) is 7.79. The Morgan fingerprint density at radius 2 is 2.05 bits per heavy atom. The summed E-state index contributed by atoms with van der Waals surface area (Å²) in [7, 11) is 0. The molecular weight excluding hydrogens is 238 g/mol. The molecule has 2 rings (SSSR count). The van der Waals surface area contributed by atoms with Crippen LogP contribution in [0, 0.1) is 11.8 Å². The number of hydrogen-bond donors (Lipinski definition) is 1. The second-order valence-corrected chi connectivity index (χ2v) is 6.57. The van der Waals surface area contributed by atoms with Gasteiger partial charge >= 0.3 is 0 Å². The van der Waals surface area contributed by atoms with Crippen LogP contribution in [0.3, 0.4) is 0 Å². The highest BCUT2D eigenvalue weighted by Crippen LogP contribution is 2.26. The summed E-state index contributed by atoms with van der Waals surface area (Å²) in [6.07, 6.45) is 3.86. The van der Waals surface area contributed by atoms with Crippen molar-refractivity contribution in [1.82, 2.24) is 9.80 Å². The van der Waals surface area contributed by atoms with E-state index in [1.165, 1.54) is 25.8 Å². The quantitative estimate of drug-likeness (QED) is 0.838. The molecule has 2 saturated heterocycles. The van der Waals surface area contributed by atoms with Crippen molar-refractivity contribution in [2.45, 2.75) is 52.1 Å². The van der Waals surface area contributed by atoms with E-state index in [-0.39, 0.29) is 11.8 Å². The van der Waals surface area contributed by atoms with Gasteiger partial charge in [-0.05, 0) is 32.2 Å². The van der Waals surface area contributed by atoms with E-state index >= 15 is 0 Å². The van der Waals surface area contributed by atoms with Crippen LogP contribution in [0.25, 0.3) is 0 Å². The van der Waals surface area contributed by atoms with Gasteiger partial charge in [0.05, 0.1) is 5.92 Å². The zero-order chi connectivity index (χ0) is 14.0. The predicted octanol–water partition coefficient (Wildman–Crippen LogP) is 1.30. The molecule has 2 aliphatic rings. The molecule has 4 nitrogen and oxygen atoms in total. The maximum absolute atomic E-state index is 12.7. The van der Waals surface area contributed by atoms with Crippen molar-refractivity contribution in [3.8, 4) is 0 Å². The summed E-state index contributed by atoms with van der Waals surface area (Å²) in [4.78, 5) is 17.4. The van der Waals surface area contributed by atoms with E-state index < -0.39 is 0 Å². The van der Waals surface area contributed by atoms with Crippen LogP contribution in [-0.4, -0.2) is 54.0 Å². The third kappa shape index (κ3) is 3.11. The van der Waals surface area contributed by atoms with Crippen molar-refractivity contribution in [3.05, 3.63) is 0 Å². The van der Waals surface area contributed by atoms with Crippen LogP contribution in [0.4, 0.5) is 0 Å². The molecular formula is C15H29N3O. The molecule has 2 aliphatic heterocycles. The van der Waals surface area contributed by atoms with E-state index in [1.54, 1.807) is 0 Å². The summed E-state index contributed by atoms with van der Waals surface area (Å²) >= 11 is 0. The van der Waals surface area contributed by atoms with Crippen LogP contribution in [0.2, 0.25) is 0 Å². The largest absolute Gasteiger partial charge is 0.337 e. The zero-order valence-electron chi connectivity index (χ0n) is 12.6. The first-order valence-corrected chi connectivity index (χ1v) is 7.79. The van der Waals surface area contributed by atoms with Crippen LogP contribution in [0.1, 0.15) is 40.0 Å². The Kier molecular flexibility index (Phi) is 4.85. The molecule has 2 N–H and O–H groups in total. The van der Waals surface area contributed by atoms with Crippen molar-refractivity contribution < 1.29 is 4.79 Å². The molecule has 0 radical (unpaired) electrons. The highest BCUT2D eigenvalue weighted by molar-refractivity contribution is 5.79. The Hall–Kier alpha value is -0.610. The third-order valence-electron chi connectivity index (χ3n) is 4.85. The molecule has 4 heteroatoms. The first-order chi connectivity index (χ1) is 9.04. The highest BCUT2D eigenvalue weighted by atomic mass is 16.2. The zero-order valence-corrected chi connectivity index (χ0v) is 12.6. The minimum Gasteiger partial charge on any atom is -0.337 e. The summed E-state index contributed by atoms with van der Waals surface area (Å²) in [5.41, 5.74) is 5.80. The molecule has 2 fully saturated rings. The number of piperazine rings is 1. The number of hydrogen-bond acceptors (Lipinski definition) is 3. The molecule has 3 unspecified atom stereocenters. The maximum Gasteiger partial charge on any atom is 0.227 e. The monoisotopic (exact) mass is 267 g/mol. The van der Waals surface area contributed by atoms with E-state index in [2.05, 4.69) is 30.6 Å². The normalized spacial score (nSPS) is 30.3. The Morgan fingerprint density at radius 1 is 1.32 bits per heavy atom. The van der Waals surface area contributed by atoms with E-state index in [1.807, 2.05) is 0 Å². The molecule has 0 bridgehead atoms. The fourth-order valence-electron chi connectivity index (χ4n) is 3.53. The molecule has 0 aliphatic carbocycles. The lowest BCUT2D eigenvalue weighted by Gasteiger charge is -2.48. The van der Waals surface area contributed by atoms with Gasteiger partial charge in [-0.25, -0.2) is 0 Å². The Morgan fingerprint density at radius 3 is 2.68 bits per heavy atom. The Labute approximate surface area is 117 Å². The first kappa shape index (κ1) is 14.8. The standard InChI is InChI=1S/C15H29N3O/c1-11(2)14(8-16)15(19)18-10-13-6-4-5-7-17(13)9-12(18)3/h11-14H,4-10,16H2,1-3H3. The fourth-order valence-corrected chi connectivity index (χ4v) is 3.53. The van der Waals surface area contributed by atoms with E-state index in [4.69, 9.17) is 5.73 Å². The van der Waals surface area contributed by atoms with Crippen molar-refractivity contribution in [2.24, 2.45) is 17.6 Å². The molecule has 110 valence electrons. The van der Waals surface area contributed by atoms with Gasteiger partial charge in [-0.1, -0.05) is 20.3 Å². The lowest BCUT2D eigenvalue weighted by atomic mass is 9.91. The molecule has 1 amide bonds. The average Bonchev–Trinajstić information content (AvgIpc) is 2.38. The van der Waals surface area contributed by atoms with E-state index in [0.29, 0.717) is 24.5 Å². The van der Waals surface area contributed by atoms with Crippen molar-refractivity contribution >= 4 is 5.91 Å². The Balaban J connectivity index is 2.04. The summed E-state index contributed by atoms with van der Waals surface area (Å²) in [6, 6.07) is 0.911. The number of fused-ring (bicyclic) bond motifs is 1. The third-order valence-corrected chi connectivity index (χ3v) is 4.85. The minimum atomic E-state index is -0.0161. The molecule has 0 spiro atoms. The van der Waals surface area contributed by atoms with Gasteiger partial charge in [0.25, 0.3) is 0 Å². The second kappa shape index (κ2) is 6.23. The molecule has 0 saturated carbocycles. The van der Waals surface area contributed by atoms with Gasteiger partial charge in [-0.3, -0.25) is 9.69 Å². The van der Waals surface area contributed by atoms with Crippen LogP contribution >= 0.6 is 0 Å². The molecule has 0 aromatic rings. The van der Waals surface area contributed by atoms with E-state index in [0.717, 1.165) is 13.1 Å². The van der Waals surface area contributed by atoms with Gasteiger partial charge in [0.1, 0.15) is 0 Å². The molecule has 0 aromatic heterocycles. The van der Waals surface area contributed by atoms with E-state index in [9.17, 15) is 4.79 Å². The minimum absolute atomic E-state index is 0.0161. The predicted molar refractivity (Wildman–Crippen MR) is 77.8 cm³/mol. The number of amides is 1. The van der Waals surface area contributed by atoms with Gasteiger partial charge in [-0.15, -0.1) is 0 Å². The topological polar surface area (TPSA) is 49.6 Å². The maximum atomic E-state index is 12.7. The molecule has 19 heavy (non-hydrogen) atoms. The van der Waals surface area contributed by atoms with Crippen LogP contribution in [0.15, 0.2) is 0 Å². The average molecular weight is 267 g/mol. The number of nitrogens with zero attached hydrogens (tertiary/aromatic N) is 2. The number of nitrogens with two attached hydrogens (primary N) is 1. The van der Waals surface area contributed by atoms with Gasteiger partial charge < -0.3 is 10.6 Å². The summed E-state index contributed by atoms with van der Waals surface area (Å²) in [6.45, 7) is 9.98. The van der Waals surface area contributed by atoms with Crippen molar-refractivity contribution in [3.63, 3.8) is 0 Å². The summed E-state index contributed by atoms with van der Waals surface area (Å²) in [5.74, 6) is 0.585. The van der Waals surface area contributed by atoms with Gasteiger partial charge in [-0.2, -0.15) is 0 Å². The highest BCUT2D eigenvalue weighted by Gasteiger charge is 2.37.